The lowest BCUT2D eigenvalue weighted by Crippen LogP contribution is -2.50. The van der Waals surface area contributed by atoms with Gasteiger partial charge < -0.3 is 14.4 Å². The van der Waals surface area contributed by atoms with Crippen molar-refractivity contribution in [3.8, 4) is 11.4 Å². The van der Waals surface area contributed by atoms with Crippen molar-refractivity contribution in [3.05, 3.63) is 30.1 Å². The quantitative estimate of drug-likeness (QED) is 0.802. The molecule has 0 radical (unpaired) electrons. The van der Waals surface area contributed by atoms with Crippen molar-refractivity contribution < 1.29 is 9.59 Å². The van der Waals surface area contributed by atoms with Crippen LogP contribution in [0.15, 0.2) is 29.4 Å². The van der Waals surface area contributed by atoms with Crippen LogP contribution in [-0.2, 0) is 11.8 Å². The number of aryl methyl sites for hydroxylation is 1. The average molecular weight is 369 g/mol. The van der Waals surface area contributed by atoms with Crippen LogP contribution in [-0.4, -0.2) is 75.1 Å². The first kappa shape index (κ1) is 17.3. The molecule has 0 saturated carbocycles. The highest BCUT2D eigenvalue weighted by Gasteiger charge is 2.47. The maximum absolute atomic E-state index is 12.8. The molecule has 2 aromatic heterocycles. The van der Waals surface area contributed by atoms with Crippen molar-refractivity contribution in [1.82, 2.24) is 29.9 Å². The summed E-state index contributed by atoms with van der Waals surface area (Å²) in [5.41, 5.74) is 1.37. The molecule has 2 aliphatic rings. The van der Waals surface area contributed by atoms with Crippen LogP contribution >= 0.6 is 0 Å². The van der Waals surface area contributed by atoms with E-state index in [2.05, 4.69) is 20.5 Å². The van der Waals surface area contributed by atoms with E-state index in [1.54, 1.807) is 15.9 Å². The Balaban J connectivity index is 1.46. The Morgan fingerprint density at radius 1 is 1.30 bits per heavy atom. The van der Waals surface area contributed by atoms with Crippen LogP contribution in [0, 0.1) is 0 Å². The third-order valence-corrected chi connectivity index (χ3v) is 5.28. The van der Waals surface area contributed by atoms with E-state index in [1.807, 2.05) is 44.0 Å². The molecule has 0 aliphatic carbocycles. The summed E-state index contributed by atoms with van der Waals surface area (Å²) in [4.78, 5) is 33.4. The first-order chi connectivity index (χ1) is 12.9. The molecule has 0 atom stereocenters. The number of aliphatic imine (C=N–C) groups is 1. The van der Waals surface area contributed by atoms with Gasteiger partial charge in [-0.15, -0.1) is 0 Å². The van der Waals surface area contributed by atoms with Crippen LogP contribution in [0.4, 0.5) is 0 Å². The second-order valence-corrected chi connectivity index (χ2v) is 7.28. The molecule has 2 N–H and O–H groups in total. The Labute approximate surface area is 157 Å². The summed E-state index contributed by atoms with van der Waals surface area (Å²) in [7, 11) is 5.63. The molecule has 1 spiro atoms. The fourth-order valence-corrected chi connectivity index (χ4v) is 3.59. The minimum Gasteiger partial charge on any atom is -0.349 e. The standard InChI is InChI=1S/C18H23N7O2/c1-23(2)17-19-16(27)18(20-17)6-9-25(10-7-18)15(26)13-11-12(21-22-13)14-5-4-8-24(14)3/h4-5,8,11H,6-7,9-10H2,1-3H3,(H,21,22)(H,19,20,27). The van der Waals surface area contributed by atoms with E-state index < -0.39 is 5.54 Å². The Morgan fingerprint density at radius 2 is 2.04 bits per heavy atom. The highest BCUT2D eigenvalue weighted by atomic mass is 16.2. The fourth-order valence-electron chi connectivity index (χ4n) is 3.59. The zero-order valence-corrected chi connectivity index (χ0v) is 15.7. The number of nitrogens with one attached hydrogen (secondary N) is 2. The minimum atomic E-state index is -0.751. The summed E-state index contributed by atoms with van der Waals surface area (Å²) in [5.74, 6) is 0.402. The van der Waals surface area contributed by atoms with Crippen LogP contribution in [0.5, 0.6) is 0 Å². The Kier molecular flexibility index (Phi) is 4.01. The highest BCUT2D eigenvalue weighted by molar-refractivity contribution is 6.07. The number of aromatic nitrogens is 3. The van der Waals surface area contributed by atoms with E-state index in [0.29, 0.717) is 37.6 Å². The van der Waals surface area contributed by atoms with E-state index in [-0.39, 0.29) is 11.8 Å². The first-order valence-electron chi connectivity index (χ1n) is 8.95. The number of carbonyl (C=O) groups is 2. The van der Waals surface area contributed by atoms with Crippen molar-refractivity contribution >= 4 is 17.8 Å². The molecule has 142 valence electrons. The van der Waals surface area contributed by atoms with Gasteiger partial charge in [-0.3, -0.25) is 20.0 Å². The normalized spacial score (nSPS) is 18.6. The van der Waals surface area contributed by atoms with Crippen LogP contribution in [0.3, 0.4) is 0 Å². The molecule has 9 nitrogen and oxygen atoms in total. The predicted octanol–water partition coefficient (Wildman–Crippen LogP) is 0.437. The summed E-state index contributed by atoms with van der Waals surface area (Å²) in [6.45, 7) is 0.962. The number of likely N-dealkylation sites (tertiary alicyclic amines) is 1. The van der Waals surface area contributed by atoms with Crippen LogP contribution in [0.2, 0.25) is 0 Å². The Morgan fingerprint density at radius 3 is 2.63 bits per heavy atom. The molecule has 9 heteroatoms. The number of piperidine rings is 1. The van der Waals surface area contributed by atoms with Gasteiger partial charge in [-0.05, 0) is 31.0 Å². The van der Waals surface area contributed by atoms with E-state index in [4.69, 9.17) is 0 Å². The molecular weight excluding hydrogens is 346 g/mol. The zero-order chi connectivity index (χ0) is 19.2. The molecule has 27 heavy (non-hydrogen) atoms. The van der Waals surface area contributed by atoms with Gasteiger partial charge in [0.05, 0.1) is 5.69 Å². The van der Waals surface area contributed by atoms with Crippen LogP contribution in [0.25, 0.3) is 11.4 Å². The summed E-state index contributed by atoms with van der Waals surface area (Å²) < 4.78 is 1.95. The molecule has 0 aromatic carbocycles. The molecule has 4 rings (SSSR count). The van der Waals surface area contributed by atoms with Gasteiger partial charge in [-0.1, -0.05) is 0 Å². The molecule has 0 bridgehead atoms. The smallest absolute Gasteiger partial charge is 0.271 e. The molecule has 2 aliphatic heterocycles. The van der Waals surface area contributed by atoms with E-state index >= 15 is 0 Å². The van der Waals surface area contributed by atoms with Gasteiger partial charge in [0.2, 0.25) is 5.96 Å². The average Bonchev–Trinajstić information content (AvgIpc) is 3.35. The zero-order valence-electron chi connectivity index (χ0n) is 15.7. The molecule has 0 unspecified atom stereocenters. The minimum absolute atomic E-state index is 0.0779. The Bertz CT molecular complexity index is 916. The van der Waals surface area contributed by atoms with Crippen LogP contribution in [0.1, 0.15) is 23.3 Å². The van der Waals surface area contributed by atoms with Crippen LogP contribution < -0.4 is 5.32 Å². The number of carbonyl (C=O) groups excluding carboxylic acids is 2. The molecule has 4 heterocycles. The number of nitrogens with zero attached hydrogens (tertiary/aromatic N) is 5. The summed E-state index contributed by atoms with van der Waals surface area (Å²) in [6.07, 6.45) is 2.96. The molecular formula is C18H23N7O2. The van der Waals surface area contributed by atoms with E-state index in [1.165, 1.54) is 0 Å². The van der Waals surface area contributed by atoms with Gasteiger partial charge in [0.25, 0.3) is 11.8 Å². The third-order valence-electron chi connectivity index (χ3n) is 5.28. The van der Waals surface area contributed by atoms with E-state index in [9.17, 15) is 9.59 Å². The monoisotopic (exact) mass is 369 g/mol. The van der Waals surface area contributed by atoms with Crippen molar-refractivity contribution in [3.63, 3.8) is 0 Å². The topological polar surface area (TPSA) is 98.6 Å². The second-order valence-electron chi connectivity index (χ2n) is 7.28. The number of rotatable bonds is 2. The molecule has 1 fully saturated rings. The Hall–Kier alpha value is -3.10. The predicted molar refractivity (Wildman–Crippen MR) is 100 cm³/mol. The number of aromatic amines is 1. The maximum Gasteiger partial charge on any atom is 0.271 e. The highest BCUT2D eigenvalue weighted by Crippen LogP contribution is 2.31. The number of H-pyrrole nitrogens is 1. The summed E-state index contributed by atoms with van der Waals surface area (Å²) in [6, 6.07) is 5.66. The number of guanidine groups is 1. The van der Waals surface area contributed by atoms with Gasteiger partial charge in [0.15, 0.2) is 0 Å². The van der Waals surface area contributed by atoms with Crippen molar-refractivity contribution in [1.29, 1.82) is 0 Å². The lowest BCUT2D eigenvalue weighted by molar-refractivity contribution is -0.125. The van der Waals surface area contributed by atoms with Gasteiger partial charge >= 0.3 is 0 Å². The second kappa shape index (κ2) is 6.26. The van der Waals surface area contributed by atoms with Crippen molar-refractivity contribution in [2.45, 2.75) is 18.4 Å². The lowest BCUT2D eigenvalue weighted by Gasteiger charge is -2.35. The maximum atomic E-state index is 12.8. The number of hydrogen-bond acceptors (Lipinski definition) is 5. The van der Waals surface area contributed by atoms with E-state index in [0.717, 1.165) is 11.4 Å². The molecule has 2 aromatic rings. The third kappa shape index (κ3) is 2.88. The SMILES string of the molecule is CN(C)C1=NC2(CCN(C(=O)c3cc(-c4cccn4C)n[nH]3)CC2)C(=O)N1. The summed E-state index contributed by atoms with van der Waals surface area (Å²) >= 11 is 0. The summed E-state index contributed by atoms with van der Waals surface area (Å²) in [5, 5.41) is 9.93. The van der Waals surface area contributed by atoms with Gasteiger partial charge in [-0.2, -0.15) is 5.10 Å². The largest absolute Gasteiger partial charge is 0.349 e. The number of hydrogen-bond donors (Lipinski definition) is 2. The van der Waals surface area contributed by atoms with Crippen molar-refractivity contribution in [2.75, 3.05) is 27.2 Å². The lowest BCUT2D eigenvalue weighted by atomic mass is 9.88. The van der Waals surface area contributed by atoms with Crippen molar-refractivity contribution in [2.24, 2.45) is 12.0 Å². The van der Waals surface area contributed by atoms with Gasteiger partial charge in [-0.25, -0.2) is 4.99 Å². The first-order valence-corrected chi connectivity index (χ1v) is 8.95. The number of amides is 2. The molecule has 1 saturated heterocycles. The molecule has 2 amide bonds. The van der Waals surface area contributed by atoms with Gasteiger partial charge in [0.1, 0.15) is 16.9 Å². The van der Waals surface area contributed by atoms with Gasteiger partial charge in [0, 0.05) is 40.4 Å². The fraction of sp³-hybridized carbons (Fsp3) is 0.444.